The lowest BCUT2D eigenvalue weighted by Gasteiger charge is -2.16. The summed E-state index contributed by atoms with van der Waals surface area (Å²) in [6.45, 7) is 1.07. The molecule has 0 N–H and O–H groups in total. The van der Waals surface area contributed by atoms with Crippen LogP contribution in [0, 0.1) is 11.8 Å². The van der Waals surface area contributed by atoms with Crippen LogP contribution in [-0.2, 0) is 9.84 Å². The van der Waals surface area contributed by atoms with Gasteiger partial charge in [0.15, 0.2) is 9.84 Å². The lowest BCUT2D eigenvalue weighted by molar-refractivity contribution is 0.0786. The minimum atomic E-state index is -2.90. The van der Waals surface area contributed by atoms with Gasteiger partial charge in [-0.05, 0) is 24.0 Å². The van der Waals surface area contributed by atoms with Crippen LogP contribution in [0.3, 0.4) is 0 Å². The third-order valence-electron chi connectivity index (χ3n) is 4.46. The summed E-state index contributed by atoms with van der Waals surface area (Å²) in [4.78, 5) is 14.4. The predicted molar refractivity (Wildman–Crippen MR) is 76.7 cm³/mol. The Hall–Kier alpha value is -1.89. The molecular weight excluding hydrogens is 290 g/mol. The Balaban J connectivity index is 1.60. The van der Waals surface area contributed by atoms with Gasteiger partial charge in [-0.25, -0.2) is 12.9 Å². The molecule has 0 aromatic carbocycles. The van der Waals surface area contributed by atoms with E-state index in [4.69, 9.17) is 0 Å². The second-order valence-electron chi connectivity index (χ2n) is 5.90. The Bertz CT molecular complexity index is 807. The molecule has 0 unspecified atom stereocenters. The van der Waals surface area contributed by atoms with Crippen LogP contribution in [-0.4, -0.2) is 53.4 Å². The summed E-state index contributed by atoms with van der Waals surface area (Å²) >= 11 is 0. The van der Waals surface area contributed by atoms with Gasteiger partial charge in [-0.3, -0.25) is 4.79 Å². The van der Waals surface area contributed by atoms with Crippen molar-refractivity contribution in [3.63, 3.8) is 0 Å². The van der Waals surface area contributed by atoms with E-state index in [1.807, 2.05) is 18.2 Å². The van der Waals surface area contributed by atoms with E-state index in [2.05, 4.69) is 5.10 Å². The molecule has 2 fully saturated rings. The Morgan fingerprint density at radius 3 is 2.62 bits per heavy atom. The molecule has 1 amide bonds. The molecule has 2 saturated heterocycles. The van der Waals surface area contributed by atoms with Crippen molar-refractivity contribution < 1.29 is 13.2 Å². The van der Waals surface area contributed by atoms with E-state index in [-0.39, 0.29) is 29.2 Å². The van der Waals surface area contributed by atoms with Crippen LogP contribution in [0.1, 0.15) is 10.4 Å². The fraction of sp³-hybridized carbons (Fsp3) is 0.429. The molecule has 4 heterocycles. The Labute approximate surface area is 122 Å². The predicted octanol–water partition coefficient (Wildman–Crippen LogP) is 0.451. The molecule has 6 nitrogen and oxygen atoms in total. The van der Waals surface area contributed by atoms with Gasteiger partial charge in [0, 0.05) is 19.3 Å². The van der Waals surface area contributed by atoms with Crippen molar-refractivity contribution in [3.05, 3.63) is 36.2 Å². The zero-order chi connectivity index (χ0) is 14.6. The highest BCUT2D eigenvalue weighted by Gasteiger charge is 2.45. The largest absolute Gasteiger partial charge is 0.338 e. The summed E-state index contributed by atoms with van der Waals surface area (Å²) in [6, 6.07) is 5.60. The fourth-order valence-electron chi connectivity index (χ4n) is 3.47. The summed E-state index contributed by atoms with van der Waals surface area (Å²) in [6.07, 6.45) is 3.39. The number of hydrogen-bond acceptors (Lipinski definition) is 4. The van der Waals surface area contributed by atoms with E-state index >= 15 is 0 Å². The van der Waals surface area contributed by atoms with Gasteiger partial charge in [-0.1, -0.05) is 6.07 Å². The van der Waals surface area contributed by atoms with Gasteiger partial charge in [-0.2, -0.15) is 5.10 Å². The molecule has 0 radical (unpaired) electrons. The van der Waals surface area contributed by atoms with E-state index in [1.54, 1.807) is 21.8 Å². The number of aromatic nitrogens is 2. The van der Waals surface area contributed by atoms with E-state index in [0.717, 1.165) is 5.52 Å². The van der Waals surface area contributed by atoms with Gasteiger partial charge in [0.2, 0.25) is 0 Å². The fourth-order valence-corrected chi connectivity index (χ4v) is 5.67. The van der Waals surface area contributed by atoms with Crippen molar-refractivity contribution in [1.82, 2.24) is 14.5 Å². The highest BCUT2D eigenvalue weighted by atomic mass is 32.2. The average Bonchev–Trinajstić information content (AvgIpc) is 3.07. The molecule has 2 aromatic heterocycles. The molecule has 2 aromatic rings. The van der Waals surface area contributed by atoms with Crippen molar-refractivity contribution in [2.75, 3.05) is 24.6 Å². The number of pyridine rings is 1. The number of carbonyl (C=O) groups excluding carboxylic acids is 1. The second kappa shape index (κ2) is 4.30. The topological polar surface area (TPSA) is 71.8 Å². The van der Waals surface area contributed by atoms with Crippen LogP contribution in [0.15, 0.2) is 30.6 Å². The van der Waals surface area contributed by atoms with Crippen LogP contribution in [0.2, 0.25) is 0 Å². The number of fused-ring (bicyclic) bond motifs is 2. The number of rotatable bonds is 1. The first kappa shape index (κ1) is 12.8. The molecule has 21 heavy (non-hydrogen) atoms. The quantitative estimate of drug-likeness (QED) is 0.767. The SMILES string of the molecule is O=C(c1cnn2ccccc12)N1C[C@@H]2CS(=O)(=O)C[C@@H]2C1. The highest BCUT2D eigenvalue weighted by molar-refractivity contribution is 7.91. The minimum absolute atomic E-state index is 0.0528. The third kappa shape index (κ3) is 2.03. The molecule has 2 aliphatic heterocycles. The van der Waals surface area contributed by atoms with Crippen molar-refractivity contribution >= 4 is 21.3 Å². The van der Waals surface area contributed by atoms with Crippen LogP contribution in [0.4, 0.5) is 0 Å². The molecule has 0 spiro atoms. The first-order chi connectivity index (χ1) is 10.0. The maximum Gasteiger partial charge on any atom is 0.257 e. The van der Waals surface area contributed by atoms with Gasteiger partial charge in [0.1, 0.15) is 0 Å². The molecular formula is C14H15N3O3S. The van der Waals surface area contributed by atoms with Gasteiger partial charge in [0.05, 0.1) is 28.8 Å². The summed E-state index contributed by atoms with van der Waals surface area (Å²) in [7, 11) is -2.90. The molecule has 0 saturated carbocycles. The zero-order valence-corrected chi connectivity index (χ0v) is 12.2. The van der Waals surface area contributed by atoms with Gasteiger partial charge < -0.3 is 4.90 Å². The lowest BCUT2D eigenvalue weighted by Crippen LogP contribution is -2.31. The number of likely N-dealkylation sites (tertiary alicyclic amines) is 1. The smallest absolute Gasteiger partial charge is 0.257 e. The highest BCUT2D eigenvalue weighted by Crippen LogP contribution is 2.33. The number of nitrogens with zero attached hydrogens (tertiary/aromatic N) is 3. The average molecular weight is 305 g/mol. The van der Waals surface area contributed by atoms with E-state index in [1.165, 1.54) is 0 Å². The Morgan fingerprint density at radius 2 is 1.90 bits per heavy atom. The molecule has 0 bridgehead atoms. The lowest BCUT2D eigenvalue weighted by atomic mass is 10.0. The van der Waals surface area contributed by atoms with Crippen LogP contribution < -0.4 is 0 Å². The van der Waals surface area contributed by atoms with E-state index in [9.17, 15) is 13.2 Å². The van der Waals surface area contributed by atoms with Gasteiger partial charge >= 0.3 is 0 Å². The van der Waals surface area contributed by atoms with Crippen molar-refractivity contribution in [3.8, 4) is 0 Å². The summed E-state index contributed by atoms with van der Waals surface area (Å²) in [5.74, 6) is 0.580. The first-order valence-electron chi connectivity index (χ1n) is 6.95. The van der Waals surface area contributed by atoms with Crippen LogP contribution >= 0.6 is 0 Å². The molecule has 110 valence electrons. The summed E-state index contributed by atoms with van der Waals surface area (Å²) in [5, 5.41) is 4.18. The zero-order valence-electron chi connectivity index (χ0n) is 11.3. The second-order valence-corrected chi connectivity index (χ2v) is 8.05. The molecule has 2 aliphatic rings. The number of hydrogen-bond donors (Lipinski definition) is 0. The van der Waals surface area contributed by atoms with Crippen molar-refractivity contribution in [2.45, 2.75) is 0 Å². The molecule has 0 aliphatic carbocycles. The van der Waals surface area contributed by atoms with Crippen LogP contribution in [0.25, 0.3) is 5.52 Å². The number of sulfone groups is 1. The number of amides is 1. The van der Waals surface area contributed by atoms with Crippen molar-refractivity contribution in [1.29, 1.82) is 0 Å². The number of carbonyl (C=O) groups is 1. The van der Waals surface area contributed by atoms with Crippen LogP contribution in [0.5, 0.6) is 0 Å². The molecule has 7 heteroatoms. The van der Waals surface area contributed by atoms with Crippen molar-refractivity contribution in [2.24, 2.45) is 11.8 Å². The maximum absolute atomic E-state index is 12.6. The standard InChI is InChI=1S/C14H15N3O3S/c18-14(12-5-15-17-4-2-1-3-13(12)17)16-6-10-8-21(19,20)9-11(10)7-16/h1-5,10-11H,6-9H2/t10-,11+. The summed E-state index contributed by atoms with van der Waals surface area (Å²) < 4.78 is 24.9. The monoisotopic (exact) mass is 305 g/mol. The van der Waals surface area contributed by atoms with E-state index < -0.39 is 9.84 Å². The Morgan fingerprint density at radius 1 is 1.19 bits per heavy atom. The van der Waals surface area contributed by atoms with E-state index in [0.29, 0.717) is 18.7 Å². The first-order valence-corrected chi connectivity index (χ1v) is 8.78. The normalized spacial score (nSPS) is 27.1. The third-order valence-corrected chi connectivity index (χ3v) is 6.33. The Kier molecular flexibility index (Phi) is 2.63. The minimum Gasteiger partial charge on any atom is -0.338 e. The molecule has 4 rings (SSSR count). The van der Waals surface area contributed by atoms with Gasteiger partial charge in [-0.15, -0.1) is 0 Å². The summed E-state index contributed by atoms with van der Waals surface area (Å²) in [5.41, 5.74) is 1.37. The molecule has 2 atom stereocenters. The van der Waals surface area contributed by atoms with Gasteiger partial charge in [0.25, 0.3) is 5.91 Å². The maximum atomic E-state index is 12.6.